The monoisotopic (exact) mass is 260 g/mol. The lowest BCUT2D eigenvalue weighted by Gasteiger charge is -2.14. The highest BCUT2D eigenvalue weighted by atomic mass is 32.2. The first-order valence-corrected chi connectivity index (χ1v) is 5.82. The molecule has 1 saturated heterocycles. The summed E-state index contributed by atoms with van der Waals surface area (Å²) in [5.41, 5.74) is 5.01. The van der Waals surface area contributed by atoms with Crippen LogP contribution in [0.15, 0.2) is 6.33 Å². The van der Waals surface area contributed by atoms with Crippen LogP contribution in [-0.4, -0.2) is 60.1 Å². The van der Waals surface area contributed by atoms with Crippen molar-refractivity contribution in [3.63, 3.8) is 0 Å². The van der Waals surface area contributed by atoms with Crippen molar-refractivity contribution >= 4 is 17.7 Å². The van der Waals surface area contributed by atoms with E-state index in [1.807, 2.05) is 0 Å². The third-order valence-electron chi connectivity index (χ3n) is 2.51. The molecule has 1 aliphatic rings. The summed E-state index contributed by atoms with van der Waals surface area (Å²) in [6.45, 7) is -0.253. The Balaban J connectivity index is 2.19. The van der Waals surface area contributed by atoms with Crippen molar-refractivity contribution in [1.82, 2.24) is 14.8 Å². The molecule has 17 heavy (non-hydrogen) atoms. The first-order valence-electron chi connectivity index (χ1n) is 4.88. The van der Waals surface area contributed by atoms with Crippen LogP contribution in [0.1, 0.15) is 16.0 Å². The molecule has 9 heteroatoms. The molecule has 0 saturated carbocycles. The Bertz CT molecular complexity index is 425. The number of hydrogen-bond acceptors (Lipinski definition) is 7. The van der Waals surface area contributed by atoms with Gasteiger partial charge < -0.3 is 21.1 Å². The normalized spacial score (nSPS) is 32.9. The highest BCUT2D eigenvalue weighted by molar-refractivity contribution is 8.00. The van der Waals surface area contributed by atoms with E-state index in [1.54, 1.807) is 0 Å². The number of nitrogens with two attached hydrogens (primary N) is 1. The van der Waals surface area contributed by atoms with Crippen molar-refractivity contribution in [1.29, 1.82) is 0 Å². The summed E-state index contributed by atoms with van der Waals surface area (Å²) in [6.07, 6.45) is -0.871. The van der Waals surface area contributed by atoms with Gasteiger partial charge in [-0.15, -0.1) is 16.9 Å². The van der Waals surface area contributed by atoms with Gasteiger partial charge in [0.15, 0.2) is 0 Å². The molecule has 0 bridgehead atoms. The average molecular weight is 260 g/mol. The lowest BCUT2D eigenvalue weighted by Crippen LogP contribution is -2.33. The Kier molecular flexibility index (Phi) is 3.33. The van der Waals surface area contributed by atoms with Crippen molar-refractivity contribution < 1.29 is 20.1 Å². The van der Waals surface area contributed by atoms with Crippen LogP contribution >= 0.6 is 11.8 Å². The third kappa shape index (κ3) is 2.14. The molecular weight excluding hydrogens is 248 g/mol. The van der Waals surface area contributed by atoms with Crippen LogP contribution < -0.4 is 5.73 Å². The maximum atomic E-state index is 10.8. The summed E-state index contributed by atoms with van der Waals surface area (Å²) < 4.78 is 1.26. The molecule has 5 N–H and O–H groups in total. The molecule has 0 aromatic carbocycles. The minimum absolute atomic E-state index is 0.153. The molecule has 1 aromatic rings. The number of hydrogen-bond donors (Lipinski definition) is 4. The Morgan fingerprint density at radius 3 is 2.71 bits per heavy atom. The number of nitrogens with zero attached hydrogens (tertiary/aromatic N) is 3. The fourth-order valence-corrected chi connectivity index (χ4v) is 2.92. The number of aliphatic hydroxyl groups excluding tert-OH is 3. The van der Waals surface area contributed by atoms with E-state index < -0.39 is 28.7 Å². The van der Waals surface area contributed by atoms with Gasteiger partial charge in [-0.1, -0.05) is 0 Å². The number of aromatic nitrogens is 3. The van der Waals surface area contributed by atoms with E-state index in [0.29, 0.717) is 0 Å². The molecule has 1 aliphatic heterocycles. The Labute approximate surface area is 100 Å². The Morgan fingerprint density at radius 2 is 2.24 bits per heavy atom. The van der Waals surface area contributed by atoms with Crippen molar-refractivity contribution in [3.05, 3.63) is 12.2 Å². The second-order valence-electron chi connectivity index (χ2n) is 3.64. The van der Waals surface area contributed by atoms with Gasteiger partial charge in [-0.05, 0) is 0 Å². The van der Waals surface area contributed by atoms with Crippen LogP contribution in [-0.2, 0) is 0 Å². The molecule has 0 aliphatic carbocycles. The van der Waals surface area contributed by atoms with E-state index in [9.17, 15) is 15.0 Å². The van der Waals surface area contributed by atoms with Gasteiger partial charge in [0.1, 0.15) is 17.8 Å². The molecule has 1 aromatic heterocycles. The summed E-state index contributed by atoms with van der Waals surface area (Å²) in [5.74, 6) is -0.916. The van der Waals surface area contributed by atoms with Crippen LogP contribution in [0.3, 0.4) is 0 Å². The number of rotatable bonds is 3. The predicted octanol–water partition coefficient (Wildman–Crippen LogP) is -2.29. The van der Waals surface area contributed by atoms with Crippen LogP contribution in [0.4, 0.5) is 0 Å². The molecular formula is C8H12N4O4S. The number of thioether (sulfide) groups is 1. The van der Waals surface area contributed by atoms with Crippen LogP contribution in [0, 0.1) is 0 Å². The minimum Gasteiger partial charge on any atom is -0.395 e. The lowest BCUT2D eigenvalue weighted by atomic mass is 10.1. The zero-order valence-electron chi connectivity index (χ0n) is 8.67. The zero-order chi connectivity index (χ0) is 12.6. The SMILES string of the molecule is NC(=O)c1ncn([C@@H]2S[C@H](CO)[C@@H](O)[C@H]2O)n1. The largest absolute Gasteiger partial charge is 0.395 e. The zero-order valence-corrected chi connectivity index (χ0v) is 9.49. The van der Waals surface area contributed by atoms with Gasteiger partial charge in [0.05, 0.1) is 18.0 Å². The van der Waals surface area contributed by atoms with E-state index in [2.05, 4.69) is 10.1 Å². The van der Waals surface area contributed by atoms with Crippen LogP contribution in [0.25, 0.3) is 0 Å². The van der Waals surface area contributed by atoms with E-state index in [-0.39, 0.29) is 12.4 Å². The van der Waals surface area contributed by atoms with E-state index in [0.717, 1.165) is 11.8 Å². The van der Waals surface area contributed by atoms with Gasteiger partial charge in [0.2, 0.25) is 5.82 Å². The first-order chi connectivity index (χ1) is 8.04. The number of carbonyl (C=O) groups is 1. The predicted molar refractivity (Wildman–Crippen MR) is 58.1 cm³/mol. The van der Waals surface area contributed by atoms with Gasteiger partial charge in [0, 0.05) is 0 Å². The van der Waals surface area contributed by atoms with Gasteiger partial charge in [0.25, 0.3) is 5.91 Å². The highest BCUT2D eigenvalue weighted by Gasteiger charge is 2.43. The minimum atomic E-state index is -1.08. The maximum absolute atomic E-state index is 10.8. The quantitative estimate of drug-likeness (QED) is 0.480. The number of amides is 1. The number of aliphatic hydroxyl groups is 3. The van der Waals surface area contributed by atoms with E-state index >= 15 is 0 Å². The molecule has 8 nitrogen and oxygen atoms in total. The fraction of sp³-hybridized carbons (Fsp3) is 0.625. The molecule has 0 spiro atoms. The fourth-order valence-electron chi connectivity index (χ4n) is 1.61. The molecule has 1 fully saturated rings. The summed E-state index contributed by atoms with van der Waals surface area (Å²) >= 11 is 1.16. The third-order valence-corrected chi connectivity index (χ3v) is 4.06. The van der Waals surface area contributed by atoms with E-state index in [4.69, 9.17) is 10.8 Å². The molecule has 4 atom stereocenters. The molecule has 0 radical (unpaired) electrons. The standard InChI is InChI=1S/C8H12N4O4S/c9-6(16)7-10-2-12(11-7)8-5(15)4(14)3(1-13)17-8/h2-5,8,13-15H,1H2,(H2,9,16)/t3-,4-,5-,8-/m1/s1. The molecule has 94 valence electrons. The first kappa shape index (κ1) is 12.3. The van der Waals surface area contributed by atoms with Gasteiger partial charge in [-0.25, -0.2) is 9.67 Å². The number of primary amides is 1. The molecule has 0 unspecified atom stereocenters. The summed E-state index contributed by atoms with van der Waals surface area (Å²) in [6, 6.07) is 0. The summed E-state index contributed by atoms with van der Waals surface area (Å²) in [4.78, 5) is 14.5. The van der Waals surface area contributed by atoms with E-state index in [1.165, 1.54) is 11.0 Å². The summed E-state index contributed by atoms with van der Waals surface area (Å²) in [5, 5.41) is 31.1. The van der Waals surface area contributed by atoms with Crippen LogP contribution in [0.5, 0.6) is 0 Å². The Hall–Kier alpha value is -1.16. The summed E-state index contributed by atoms with van der Waals surface area (Å²) in [7, 11) is 0. The number of carbonyl (C=O) groups excluding carboxylic acids is 1. The average Bonchev–Trinajstić information content (AvgIpc) is 2.87. The topological polar surface area (TPSA) is 134 Å². The molecule has 2 heterocycles. The molecule has 1 amide bonds. The second kappa shape index (κ2) is 4.61. The Morgan fingerprint density at radius 1 is 1.53 bits per heavy atom. The van der Waals surface area contributed by atoms with Crippen molar-refractivity contribution in [2.24, 2.45) is 5.73 Å². The van der Waals surface area contributed by atoms with Crippen molar-refractivity contribution in [2.75, 3.05) is 6.61 Å². The highest BCUT2D eigenvalue weighted by Crippen LogP contribution is 2.41. The molecule has 2 rings (SSSR count). The van der Waals surface area contributed by atoms with Crippen LogP contribution in [0.2, 0.25) is 0 Å². The van der Waals surface area contributed by atoms with Crippen molar-refractivity contribution in [2.45, 2.75) is 22.8 Å². The lowest BCUT2D eigenvalue weighted by molar-refractivity contribution is 0.00898. The van der Waals surface area contributed by atoms with Gasteiger partial charge >= 0.3 is 0 Å². The second-order valence-corrected chi connectivity index (χ2v) is 5.00. The maximum Gasteiger partial charge on any atom is 0.288 e. The van der Waals surface area contributed by atoms with Crippen molar-refractivity contribution in [3.8, 4) is 0 Å². The van der Waals surface area contributed by atoms with Gasteiger partial charge in [-0.3, -0.25) is 4.79 Å². The van der Waals surface area contributed by atoms with Gasteiger partial charge in [-0.2, -0.15) is 0 Å². The smallest absolute Gasteiger partial charge is 0.288 e.